The molecule has 7 heteroatoms. The molecule has 0 spiro atoms. The Hall–Kier alpha value is -2.38. The summed E-state index contributed by atoms with van der Waals surface area (Å²) in [5, 5.41) is 0. The number of aryl methyl sites for hydroxylation is 2. The number of hydrogen-bond acceptors (Lipinski definition) is 4. The van der Waals surface area contributed by atoms with Crippen LogP contribution < -0.4 is 4.90 Å². The summed E-state index contributed by atoms with van der Waals surface area (Å²) in [5.74, 6) is -0.0613. The van der Waals surface area contributed by atoms with Crippen LogP contribution in [0.1, 0.15) is 29.5 Å². The van der Waals surface area contributed by atoms with E-state index >= 15 is 0 Å². The van der Waals surface area contributed by atoms with Crippen molar-refractivity contribution in [2.45, 2.75) is 44.6 Å². The van der Waals surface area contributed by atoms with Crippen LogP contribution in [-0.2, 0) is 14.8 Å². The Balaban J connectivity index is 1.46. The molecule has 31 heavy (non-hydrogen) atoms. The number of carbonyl (C=O) groups excluding carboxylic acids is 1. The highest BCUT2D eigenvalue weighted by molar-refractivity contribution is 7.89. The highest BCUT2D eigenvalue weighted by Crippen LogP contribution is 2.29. The largest absolute Gasteiger partial charge is 0.368 e. The van der Waals surface area contributed by atoms with E-state index in [0.29, 0.717) is 32.5 Å². The van der Waals surface area contributed by atoms with Crippen molar-refractivity contribution >= 4 is 21.6 Å². The van der Waals surface area contributed by atoms with E-state index in [-0.39, 0.29) is 10.8 Å². The summed E-state index contributed by atoms with van der Waals surface area (Å²) in [6, 6.07) is 12.6. The van der Waals surface area contributed by atoms with Gasteiger partial charge in [-0.2, -0.15) is 4.31 Å². The van der Waals surface area contributed by atoms with Crippen molar-refractivity contribution in [2.75, 3.05) is 37.6 Å². The molecule has 6 nitrogen and oxygen atoms in total. The van der Waals surface area contributed by atoms with Gasteiger partial charge in [-0.25, -0.2) is 8.42 Å². The number of amides is 1. The third kappa shape index (κ3) is 4.21. The molecule has 2 aliphatic heterocycles. The molecule has 2 fully saturated rings. The maximum Gasteiger partial charge on any atom is 0.243 e. The van der Waals surface area contributed by atoms with E-state index < -0.39 is 16.1 Å². The smallest absolute Gasteiger partial charge is 0.243 e. The van der Waals surface area contributed by atoms with Crippen LogP contribution >= 0.6 is 0 Å². The number of benzene rings is 2. The molecule has 0 radical (unpaired) electrons. The first kappa shape index (κ1) is 21.8. The Bertz CT molecular complexity index is 1060. The van der Waals surface area contributed by atoms with Crippen LogP contribution in [0.5, 0.6) is 0 Å². The fourth-order valence-corrected chi connectivity index (χ4v) is 6.23. The Labute approximate surface area is 185 Å². The number of piperazine rings is 1. The second kappa shape index (κ2) is 8.63. The molecular formula is C24H31N3O3S. The van der Waals surface area contributed by atoms with E-state index in [4.69, 9.17) is 0 Å². The lowest BCUT2D eigenvalue weighted by Crippen LogP contribution is -2.54. The normalized spacial score (nSPS) is 20.3. The van der Waals surface area contributed by atoms with Gasteiger partial charge in [0.15, 0.2) is 0 Å². The van der Waals surface area contributed by atoms with Gasteiger partial charge in [0.1, 0.15) is 6.04 Å². The molecule has 2 aromatic carbocycles. The molecule has 166 valence electrons. The van der Waals surface area contributed by atoms with Crippen molar-refractivity contribution in [1.29, 1.82) is 0 Å². The van der Waals surface area contributed by atoms with Gasteiger partial charge < -0.3 is 9.80 Å². The average molecular weight is 442 g/mol. The van der Waals surface area contributed by atoms with Gasteiger partial charge in [-0.05, 0) is 62.9 Å². The van der Waals surface area contributed by atoms with E-state index in [2.05, 4.69) is 36.9 Å². The quantitative estimate of drug-likeness (QED) is 0.732. The third-order valence-electron chi connectivity index (χ3n) is 6.62. The highest BCUT2D eigenvalue weighted by atomic mass is 32.2. The number of rotatable bonds is 4. The van der Waals surface area contributed by atoms with Gasteiger partial charge >= 0.3 is 0 Å². The van der Waals surface area contributed by atoms with Crippen molar-refractivity contribution in [1.82, 2.24) is 9.21 Å². The summed E-state index contributed by atoms with van der Waals surface area (Å²) < 4.78 is 27.8. The third-order valence-corrected chi connectivity index (χ3v) is 8.55. The molecule has 0 aromatic heterocycles. The Morgan fingerprint density at radius 1 is 0.903 bits per heavy atom. The predicted molar refractivity (Wildman–Crippen MR) is 123 cm³/mol. The lowest BCUT2D eigenvalue weighted by molar-refractivity contribution is -0.134. The van der Waals surface area contributed by atoms with Crippen molar-refractivity contribution in [2.24, 2.45) is 0 Å². The minimum absolute atomic E-state index is 0.0613. The zero-order valence-electron chi connectivity index (χ0n) is 18.5. The molecule has 0 aliphatic carbocycles. The molecule has 2 saturated heterocycles. The van der Waals surface area contributed by atoms with Crippen LogP contribution in [0.25, 0.3) is 0 Å². The first-order chi connectivity index (χ1) is 14.8. The summed E-state index contributed by atoms with van der Waals surface area (Å²) in [6.07, 6.45) is 1.30. The van der Waals surface area contributed by atoms with Crippen LogP contribution in [-0.4, -0.2) is 62.3 Å². The van der Waals surface area contributed by atoms with Crippen LogP contribution in [0.2, 0.25) is 0 Å². The SMILES string of the molecule is Cc1ccc(S(=O)(=O)N2CCC[C@H]2C(=O)N2CCN(c3cccc(C)c3C)CC2)cc1. The van der Waals surface area contributed by atoms with Gasteiger partial charge in [-0.3, -0.25) is 4.79 Å². The number of sulfonamides is 1. The Morgan fingerprint density at radius 2 is 1.58 bits per heavy atom. The van der Waals surface area contributed by atoms with E-state index in [0.717, 1.165) is 18.7 Å². The number of anilines is 1. The van der Waals surface area contributed by atoms with Crippen molar-refractivity contribution < 1.29 is 13.2 Å². The van der Waals surface area contributed by atoms with Gasteiger partial charge in [0.2, 0.25) is 15.9 Å². The summed E-state index contributed by atoms with van der Waals surface area (Å²) in [6.45, 7) is 9.31. The molecule has 0 N–H and O–H groups in total. The molecule has 0 bridgehead atoms. The van der Waals surface area contributed by atoms with Gasteiger partial charge in [0.05, 0.1) is 4.90 Å². The highest BCUT2D eigenvalue weighted by Gasteiger charge is 2.41. The molecule has 1 amide bonds. The monoisotopic (exact) mass is 441 g/mol. The minimum Gasteiger partial charge on any atom is -0.368 e. The fraction of sp³-hybridized carbons (Fsp3) is 0.458. The van der Waals surface area contributed by atoms with Crippen LogP contribution in [0.3, 0.4) is 0 Å². The molecular weight excluding hydrogens is 410 g/mol. The summed E-state index contributed by atoms with van der Waals surface area (Å²) in [7, 11) is -3.68. The number of hydrogen-bond donors (Lipinski definition) is 0. The van der Waals surface area contributed by atoms with Gasteiger partial charge in [0.25, 0.3) is 0 Å². The van der Waals surface area contributed by atoms with E-state index in [9.17, 15) is 13.2 Å². The lowest BCUT2D eigenvalue weighted by atomic mass is 10.1. The van der Waals surface area contributed by atoms with E-state index in [1.807, 2.05) is 11.8 Å². The number of nitrogens with zero attached hydrogens (tertiary/aromatic N) is 3. The molecule has 0 unspecified atom stereocenters. The fourth-order valence-electron chi connectivity index (χ4n) is 4.58. The molecule has 0 saturated carbocycles. The zero-order valence-corrected chi connectivity index (χ0v) is 19.4. The molecule has 2 aromatic rings. The Kier molecular flexibility index (Phi) is 6.08. The van der Waals surface area contributed by atoms with Crippen LogP contribution in [0.4, 0.5) is 5.69 Å². The van der Waals surface area contributed by atoms with Gasteiger partial charge in [-0.1, -0.05) is 29.8 Å². The van der Waals surface area contributed by atoms with E-state index in [1.165, 1.54) is 21.1 Å². The maximum absolute atomic E-state index is 13.3. The molecule has 4 rings (SSSR count). The maximum atomic E-state index is 13.3. The van der Waals surface area contributed by atoms with Crippen molar-refractivity contribution in [3.63, 3.8) is 0 Å². The predicted octanol–water partition coefficient (Wildman–Crippen LogP) is 3.11. The number of carbonyl (C=O) groups is 1. The Morgan fingerprint density at radius 3 is 2.26 bits per heavy atom. The lowest BCUT2D eigenvalue weighted by Gasteiger charge is -2.38. The summed E-state index contributed by atoms with van der Waals surface area (Å²) in [5.41, 5.74) is 4.76. The van der Waals surface area contributed by atoms with Crippen molar-refractivity contribution in [3.8, 4) is 0 Å². The molecule has 2 heterocycles. The van der Waals surface area contributed by atoms with Gasteiger partial charge in [-0.15, -0.1) is 0 Å². The molecule has 1 atom stereocenters. The topological polar surface area (TPSA) is 60.9 Å². The minimum atomic E-state index is -3.68. The van der Waals surface area contributed by atoms with E-state index in [1.54, 1.807) is 24.3 Å². The summed E-state index contributed by atoms with van der Waals surface area (Å²) in [4.78, 5) is 17.7. The first-order valence-electron chi connectivity index (χ1n) is 11.0. The average Bonchev–Trinajstić information content (AvgIpc) is 3.27. The molecule has 2 aliphatic rings. The van der Waals surface area contributed by atoms with Crippen molar-refractivity contribution in [3.05, 3.63) is 59.2 Å². The second-order valence-electron chi connectivity index (χ2n) is 8.62. The summed E-state index contributed by atoms with van der Waals surface area (Å²) >= 11 is 0. The first-order valence-corrected chi connectivity index (χ1v) is 12.4. The van der Waals surface area contributed by atoms with Crippen LogP contribution in [0.15, 0.2) is 47.4 Å². The van der Waals surface area contributed by atoms with Gasteiger partial charge in [0, 0.05) is 38.4 Å². The van der Waals surface area contributed by atoms with Crippen LogP contribution in [0, 0.1) is 20.8 Å². The second-order valence-corrected chi connectivity index (χ2v) is 10.5. The zero-order chi connectivity index (χ0) is 22.2. The standard InChI is InChI=1S/C24H31N3O3S/c1-18-9-11-21(12-10-18)31(29,30)27-13-5-8-23(27)24(28)26-16-14-25(15-17-26)22-7-4-6-19(2)20(22)3/h4,6-7,9-12,23H,5,8,13-17H2,1-3H3/t23-/m0/s1.